The van der Waals surface area contributed by atoms with Gasteiger partial charge >= 0.3 is 0 Å². The van der Waals surface area contributed by atoms with E-state index < -0.39 is 0 Å². The minimum Gasteiger partial charge on any atom is -0.313 e. The van der Waals surface area contributed by atoms with Gasteiger partial charge in [-0.2, -0.15) is 0 Å². The third-order valence-corrected chi connectivity index (χ3v) is 3.66. The van der Waals surface area contributed by atoms with Gasteiger partial charge in [0.2, 0.25) is 0 Å². The van der Waals surface area contributed by atoms with Crippen molar-refractivity contribution in [1.82, 2.24) is 5.32 Å². The second-order valence-electron chi connectivity index (χ2n) is 4.51. The van der Waals surface area contributed by atoms with Crippen LogP contribution in [0.1, 0.15) is 45.4 Å². The van der Waals surface area contributed by atoms with Crippen molar-refractivity contribution < 1.29 is 0 Å². The van der Waals surface area contributed by atoms with Gasteiger partial charge in [-0.3, -0.25) is 0 Å². The van der Waals surface area contributed by atoms with E-state index >= 15 is 0 Å². The zero-order chi connectivity index (χ0) is 7.73. The molecule has 1 N–H and O–H groups in total. The minimum absolute atomic E-state index is 0.663. The van der Waals surface area contributed by atoms with Crippen LogP contribution in [0.15, 0.2) is 0 Å². The lowest BCUT2D eigenvalue weighted by atomic mass is 9.68. The van der Waals surface area contributed by atoms with Crippen molar-refractivity contribution in [3.63, 3.8) is 0 Å². The van der Waals surface area contributed by atoms with E-state index in [9.17, 15) is 0 Å². The van der Waals surface area contributed by atoms with Crippen molar-refractivity contribution in [3.05, 3.63) is 0 Å². The monoisotopic (exact) mass is 153 g/mol. The minimum atomic E-state index is 0.663. The first kappa shape index (κ1) is 7.60. The third kappa shape index (κ3) is 1.31. The van der Waals surface area contributed by atoms with Gasteiger partial charge in [-0.15, -0.1) is 0 Å². The van der Waals surface area contributed by atoms with E-state index in [0.29, 0.717) is 5.41 Å². The molecule has 0 bridgehead atoms. The summed E-state index contributed by atoms with van der Waals surface area (Å²) in [4.78, 5) is 0. The van der Waals surface area contributed by atoms with Gasteiger partial charge in [0.15, 0.2) is 0 Å². The van der Waals surface area contributed by atoms with E-state index in [2.05, 4.69) is 12.2 Å². The van der Waals surface area contributed by atoms with E-state index in [1.165, 1.54) is 45.1 Å². The number of rotatable bonds is 1. The predicted octanol–water partition coefficient (Wildman–Crippen LogP) is 2.32. The molecule has 1 heteroatoms. The standard InChI is InChI=1S/C10H19N/c1-10(9-5-8-11-9)6-3-2-4-7-10/h9,11H,2-8H2,1H3. The van der Waals surface area contributed by atoms with Gasteiger partial charge in [-0.25, -0.2) is 0 Å². The zero-order valence-electron chi connectivity index (χ0n) is 7.53. The van der Waals surface area contributed by atoms with E-state index in [0.717, 1.165) is 6.04 Å². The van der Waals surface area contributed by atoms with Crippen LogP contribution in [0.2, 0.25) is 0 Å². The molecule has 0 aromatic heterocycles. The van der Waals surface area contributed by atoms with E-state index in [1.807, 2.05) is 0 Å². The molecule has 11 heavy (non-hydrogen) atoms. The molecule has 1 saturated heterocycles. The van der Waals surface area contributed by atoms with E-state index in [1.54, 1.807) is 0 Å². The smallest absolute Gasteiger partial charge is 0.0133 e. The number of hydrogen-bond acceptors (Lipinski definition) is 1. The van der Waals surface area contributed by atoms with Crippen molar-refractivity contribution in [2.75, 3.05) is 6.54 Å². The molecular formula is C10H19N. The first-order chi connectivity index (χ1) is 5.31. The fraction of sp³-hybridized carbons (Fsp3) is 1.00. The SMILES string of the molecule is CC1(C2CCN2)CCCCC1. The molecule has 1 atom stereocenters. The maximum absolute atomic E-state index is 3.56. The highest BCUT2D eigenvalue weighted by Crippen LogP contribution is 2.41. The Kier molecular flexibility index (Phi) is 1.92. The topological polar surface area (TPSA) is 12.0 Å². The predicted molar refractivity (Wildman–Crippen MR) is 47.6 cm³/mol. The Hall–Kier alpha value is -0.0400. The lowest BCUT2D eigenvalue weighted by molar-refractivity contribution is 0.101. The van der Waals surface area contributed by atoms with Crippen LogP contribution in [0.4, 0.5) is 0 Å². The summed E-state index contributed by atoms with van der Waals surface area (Å²) in [5.41, 5.74) is 0.663. The summed E-state index contributed by atoms with van der Waals surface area (Å²) in [6.45, 7) is 3.74. The summed E-state index contributed by atoms with van der Waals surface area (Å²) in [6, 6.07) is 0.864. The molecule has 0 aromatic rings. The summed E-state index contributed by atoms with van der Waals surface area (Å²) < 4.78 is 0. The average Bonchev–Trinajstić information content (AvgIpc) is 1.83. The molecule has 0 aromatic carbocycles. The fourth-order valence-electron chi connectivity index (χ4n) is 2.59. The Morgan fingerprint density at radius 2 is 1.82 bits per heavy atom. The molecular weight excluding hydrogens is 134 g/mol. The van der Waals surface area contributed by atoms with Crippen LogP contribution in [0.3, 0.4) is 0 Å². The summed E-state index contributed by atoms with van der Waals surface area (Å²) in [5, 5.41) is 3.56. The largest absolute Gasteiger partial charge is 0.313 e. The molecule has 0 spiro atoms. The van der Waals surface area contributed by atoms with Crippen LogP contribution in [0.5, 0.6) is 0 Å². The normalized spacial score (nSPS) is 36.3. The summed E-state index contributed by atoms with van der Waals surface area (Å²) in [6.07, 6.45) is 8.76. The summed E-state index contributed by atoms with van der Waals surface area (Å²) in [5.74, 6) is 0. The van der Waals surface area contributed by atoms with E-state index in [4.69, 9.17) is 0 Å². The molecule has 2 rings (SSSR count). The van der Waals surface area contributed by atoms with Crippen molar-refractivity contribution in [1.29, 1.82) is 0 Å². The van der Waals surface area contributed by atoms with Crippen molar-refractivity contribution in [3.8, 4) is 0 Å². The maximum Gasteiger partial charge on any atom is 0.0133 e. The van der Waals surface area contributed by atoms with Crippen molar-refractivity contribution in [2.45, 2.75) is 51.5 Å². The Balaban J connectivity index is 1.94. The second-order valence-corrected chi connectivity index (χ2v) is 4.51. The molecule has 2 fully saturated rings. The van der Waals surface area contributed by atoms with Crippen LogP contribution in [-0.4, -0.2) is 12.6 Å². The molecule has 0 radical (unpaired) electrons. The molecule has 1 aliphatic heterocycles. The Morgan fingerprint density at radius 3 is 2.27 bits per heavy atom. The number of hydrogen-bond donors (Lipinski definition) is 1. The molecule has 2 aliphatic rings. The molecule has 64 valence electrons. The Bertz CT molecular complexity index is 132. The van der Waals surface area contributed by atoms with E-state index in [-0.39, 0.29) is 0 Å². The zero-order valence-corrected chi connectivity index (χ0v) is 7.53. The second kappa shape index (κ2) is 2.78. The van der Waals surface area contributed by atoms with Crippen molar-refractivity contribution >= 4 is 0 Å². The van der Waals surface area contributed by atoms with Crippen LogP contribution in [0, 0.1) is 5.41 Å². The Morgan fingerprint density at radius 1 is 1.18 bits per heavy atom. The molecule has 1 unspecified atom stereocenters. The summed E-state index contributed by atoms with van der Waals surface area (Å²) >= 11 is 0. The quantitative estimate of drug-likeness (QED) is 0.609. The van der Waals surface area contributed by atoms with Gasteiger partial charge in [0.05, 0.1) is 0 Å². The van der Waals surface area contributed by atoms with Gasteiger partial charge in [0, 0.05) is 6.04 Å². The molecule has 1 heterocycles. The molecule has 0 amide bonds. The fourth-order valence-corrected chi connectivity index (χ4v) is 2.59. The van der Waals surface area contributed by atoms with Gasteiger partial charge in [-0.05, 0) is 31.2 Å². The highest BCUT2D eigenvalue weighted by Gasteiger charge is 2.37. The molecule has 1 aliphatic carbocycles. The first-order valence-electron chi connectivity index (χ1n) is 5.05. The highest BCUT2D eigenvalue weighted by atomic mass is 15.0. The van der Waals surface area contributed by atoms with Crippen LogP contribution in [-0.2, 0) is 0 Å². The van der Waals surface area contributed by atoms with Crippen LogP contribution in [0.25, 0.3) is 0 Å². The first-order valence-corrected chi connectivity index (χ1v) is 5.05. The highest BCUT2D eigenvalue weighted by molar-refractivity contribution is 4.94. The van der Waals surface area contributed by atoms with Gasteiger partial charge in [-0.1, -0.05) is 26.2 Å². The lowest BCUT2D eigenvalue weighted by Crippen LogP contribution is -2.53. The maximum atomic E-state index is 3.56. The number of nitrogens with one attached hydrogen (secondary N) is 1. The lowest BCUT2D eigenvalue weighted by Gasteiger charge is -2.46. The van der Waals surface area contributed by atoms with Crippen molar-refractivity contribution in [2.24, 2.45) is 5.41 Å². The average molecular weight is 153 g/mol. The Labute approximate surface area is 69.6 Å². The molecule has 1 saturated carbocycles. The van der Waals surface area contributed by atoms with Gasteiger partial charge < -0.3 is 5.32 Å². The van der Waals surface area contributed by atoms with Gasteiger partial charge in [0.1, 0.15) is 0 Å². The van der Waals surface area contributed by atoms with Crippen LogP contribution < -0.4 is 5.32 Å². The van der Waals surface area contributed by atoms with Gasteiger partial charge in [0.25, 0.3) is 0 Å². The third-order valence-electron chi connectivity index (χ3n) is 3.66. The molecule has 1 nitrogen and oxygen atoms in total. The van der Waals surface area contributed by atoms with Crippen LogP contribution >= 0.6 is 0 Å². The summed E-state index contributed by atoms with van der Waals surface area (Å²) in [7, 11) is 0.